The molecule has 1 aromatic rings. The van der Waals surface area contributed by atoms with Crippen molar-refractivity contribution in [2.75, 3.05) is 40.3 Å². The summed E-state index contributed by atoms with van der Waals surface area (Å²) < 4.78 is 27.3. The van der Waals surface area contributed by atoms with Gasteiger partial charge in [0.1, 0.15) is 0 Å². The van der Waals surface area contributed by atoms with Crippen molar-refractivity contribution in [2.45, 2.75) is 45.2 Å². The number of hydrogen-bond acceptors (Lipinski definition) is 4. The van der Waals surface area contributed by atoms with E-state index in [0.29, 0.717) is 19.5 Å². The number of nitrogens with zero attached hydrogens (tertiary/aromatic N) is 3. The minimum absolute atomic E-state index is 0.0685. The molecule has 0 unspecified atom stereocenters. The molecule has 3 rings (SSSR count). The number of rotatable bonds is 7. The summed E-state index contributed by atoms with van der Waals surface area (Å²) in [5.74, 6) is -0.363. The molecule has 2 aliphatic rings. The fourth-order valence-corrected chi connectivity index (χ4v) is 5.26. The van der Waals surface area contributed by atoms with Gasteiger partial charge in [0.05, 0.1) is 5.92 Å². The van der Waals surface area contributed by atoms with Gasteiger partial charge in [-0.05, 0) is 49.9 Å². The molecule has 0 spiro atoms. The van der Waals surface area contributed by atoms with E-state index >= 15 is 0 Å². The summed E-state index contributed by atoms with van der Waals surface area (Å²) in [6.07, 6.45) is 5.35. The molecular weight excluding hydrogens is 388 g/mol. The number of carbonyl (C=O) groups excluding carboxylic acids is 1. The molecule has 0 radical (unpaired) electrons. The normalized spacial score (nSPS) is 22.0. The fourth-order valence-electron chi connectivity index (χ4n) is 4.07. The number of piperidine rings is 2. The zero-order valence-electron chi connectivity index (χ0n) is 17.6. The molecule has 2 saturated heterocycles. The summed E-state index contributed by atoms with van der Waals surface area (Å²) in [7, 11) is -0.424. The van der Waals surface area contributed by atoms with Gasteiger partial charge in [0.25, 0.3) is 10.2 Å². The van der Waals surface area contributed by atoms with Crippen LogP contribution in [0.1, 0.15) is 43.2 Å². The van der Waals surface area contributed by atoms with Gasteiger partial charge >= 0.3 is 0 Å². The molecule has 8 heteroatoms. The maximum Gasteiger partial charge on any atom is 0.281 e. The molecule has 0 saturated carbocycles. The van der Waals surface area contributed by atoms with E-state index in [-0.39, 0.29) is 18.4 Å². The van der Waals surface area contributed by atoms with Crippen LogP contribution in [0.5, 0.6) is 0 Å². The minimum atomic E-state index is -3.47. The van der Waals surface area contributed by atoms with Crippen LogP contribution >= 0.6 is 0 Å². The van der Waals surface area contributed by atoms with E-state index in [4.69, 9.17) is 0 Å². The van der Waals surface area contributed by atoms with Crippen molar-refractivity contribution >= 4 is 16.1 Å². The van der Waals surface area contributed by atoms with Crippen LogP contribution in [0.15, 0.2) is 24.3 Å². The molecule has 7 nitrogen and oxygen atoms in total. The fraction of sp³-hybridized carbons (Fsp3) is 0.667. The average Bonchev–Trinajstić information content (AvgIpc) is 2.73. The lowest BCUT2D eigenvalue weighted by Gasteiger charge is -2.32. The first kappa shape index (κ1) is 22.2. The van der Waals surface area contributed by atoms with Gasteiger partial charge in [-0.25, -0.2) is 0 Å². The van der Waals surface area contributed by atoms with Crippen LogP contribution in [0.4, 0.5) is 0 Å². The van der Waals surface area contributed by atoms with Gasteiger partial charge in [0.15, 0.2) is 0 Å². The lowest BCUT2D eigenvalue weighted by Crippen LogP contribution is -2.48. The van der Waals surface area contributed by atoms with E-state index in [1.807, 2.05) is 0 Å². The summed E-state index contributed by atoms with van der Waals surface area (Å²) in [6.45, 7) is 4.55. The van der Waals surface area contributed by atoms with Crippen molar-refractivity contribution in [2.24, 2.45) is 5.92 Å². The molecule has 2 fully saturated rings. The molecular formula is C21H34N4O3S. The van der Waals surface area contributed by atoms with Gasteiger partial charge in [0.2, 0.25) is 5.91 Å². The Kier molecular flexibility index (Phi) is 7.67. The second-order valence-electron chi connectivity index (χ2n) is 8.36. The van der Waals surface area contributed by atoms with Gasteiger partial charge < -0.3 is 5.32 Å². The highest BCUT2D eigenvalue weighted by atomic mass is 32.2. The second-order valence-corrected chi connectivity index (χ2v) is 10.5. The van der Waals surface area contributed by atoms with Crippen LogP contribution in [0.25, 0.3) is 0 Å². The zero-order chi connectivity index (χ0) is 20.9. The molecule has 29 heavy (non-hydrogen) atoms. The number of nitrogens with one attached hydrogen (secondary N) is 1. The Labute approximate surface area is 175 Å². The van der Waals surface area contributed by atoms with Crippen LogP contribution in [0.2, 0.25) is 0 Å². The van der Waals surface area contributed by atoms with Crippen molar-refractivity contribution in [3.05, 3.63) is 35.4 Å². The van der Waals surface area contributed by atoms with Crippen molar-refractivity contribution in [1.82, 2.24) is 18.8 Å². The zero-order valence-corrected chi connectivity index (χ0v) is 18.5. The third-order valence-electron chi connectivity index (χ3n) is 5.89. The van der Waals surface area contributed by atoms with Gasteiger partial charge in [-0.2, -0.15) is 17.0 Å². The standard InChI is InChI=1S/C21H34N4O3S/c1-23(2)29(27,28)25-14-6-7-20(17-25)21(26)22-15-18-8-10-19(11-9-18)16-24-12-4-3-5-13-24/h8-11,20H,3-7,12-17H2,1-2H3,(H,22,26)/t20-/m1/s1. The van der Waals surface area contributed by atoms with Crippen molar-refractivity contribution < 1.29 is 13.2 Å². The number of carbonyl (C=O) groups is 1. The number of benzene rings is 1. The molecule has 1 N–H and O–H groups in total. The van der Waals surface area contributed by atoms with Crippen LogP contribution in [0.3, 0.4) is 0 Å². The Hall–Kier alpha value is -1.48. The maximum atomic E-state index is 12.6. The Morgan fingerprint density at radius 2 is 1.69 bits per heavy atom. The van der Waals surface area contributed by atoms with Crippen LogP contribution in [0, 0.1) is 5.92 Å². The minimum Gasteiger partial charge on any atom is -0.352 e. The Morgan fingerprint density at radius 3 is 2.34 bits per heavy atom. The summed E-state index contributed by atoms with van der Waals surface area (Å²) in [4.78, 5) is 15.1. The van der Waals surface area contributed by atoms with E-state index in [9.17, 15) is 13.2 Å². The van der Waals surface area contributed by atoms with Gasteiger partial charge in [-0.3, -0.25) is 9.69 Å². The Bertz CT molecular complexity index is 774. The topological polar surface area (TPSA) is 73.0 Å². The summed E-state index contributed by atoms with van der Waals surface area (Å²) >= 11 is 0. The number of hydrogen-bond donors (Lipinski definition) is 1. The van der Waals surface area contributed by atoms with Gasteiger partial charge in [-0.15, -0.1) is 0 Å². The van der Waals surface area contributed by atoms with Crippen LogP contribution < -0.4 is 5.32 Å². The average molecular weight is 423 g/mol. The predicted molar refractivity (Wildman–Crippen MR) is 114 cm³/mol. The number of likely N-dealkylation sites (tertiary alicyclic amines) is 1. The summed E-state index contributed by atoms with van der Waals surface area (Å²) in [6, 6.07) is 8.43. The highest BCUT2D eigenvalue weighted by Gasteiger charge is 2.33. The van der Waals surface area contributed by atoms with Crippen LogP contribution in [-0.2, 0) is 28.1 Å². The van der Waals surface area contributed by atoms with Crippen molar-refractivity contribution in [3.8, 4) is 0 Å². The SMILES string of the molecule is CN(C)S(=O)(=O)N1CCC[C@@H](C(=O)NCc2ccc(CN3CCCCC3)cc2)C1. The largest absolute Gasteiger partial charge is 0.352 e. The molecule has 1 aromatic carbocycles. The Morgan fingerprint density at radius 1 is 1.03 bits per heavy atom. The smallest absolute Gasteiger partial charge is 0.281 e. The quantitative estimate of drug-likeness (QED) is 0.727. The van der Waals surface area contributed by atoms with Crippen molar-refractivity contribution in [3.63, 3.8) is 0 Å². The third-order valence-corrected chi connectivity index (χ3v) is 7.79. The summed E-state index contributed by atoms with van der Waals surface area (Å²) in [5, 5.41) is 2.99. The second kappa shape index (κ2) is 10.0. The van der Waals surface area contributed by atoms with E-state index in [0.717, 1.165) is 18.5 Å². The lowest BCUT2D eigenvalue weighted by atomic mass is 9.98. The van der Waals surface area contributed by atoms with Crippen LogP contribution in [-0.4, -0.2) is 68.1 Å². The number of amides is 1. The van der Waals surface area contributed by atoms with Gasteiger partial charge in [-0.1, -0.05) is 30.7 Å². The molecule has 0 aliphatic carbocycles. The first-order chi connectivity index (χ1) is 13.9. The highest BCUT2D eigenvalue weighted by Crippen LogP contribution is 2.20. The van der Waals surface area contributed by atoms with E-state index in [1.54, 1.807) is 0 Å². The summed E-state index contributed by atoms with van der Waals surface area (Å²) in [5.41, 5.74) is 2.37. The molecule has 162 valence electrons. The molecule has 1 amide bonds. The molecule has 1 atom stereocenters. The first-order valence-corrected chi connectivity index (χ1v) is 12.0. The highest BCUT2D eigenvalue weighted by molar-refractivity contribution is 7.86. The molecule has 2 heterocycles. The maximum absolute atomic E-state index is 12.6. The van der Waals surface area contributed by atoms with Gasteiger partial charge in [0, 0.05) is 40.3 Å². The molecule has 0 bridgehead atoms. The Balaban J connectivity index is 1.48. The molecule has 2 aliphatic heterocycles. The third kappa shape index (κ3) is 6.01. The van der Waals surface area contributed by atoms with E-state index in [2.05, 4.69) is 34.5 Å². The van der Waals surface area contributed by atoms with Crippen molar-refractivity contribution in [1.29, 1.82) is 0 Å². The lowest BCUT2D eigenvalue weighted by molar-refractivity contribution is -0.126. The molecule has 0 aromatic heterocycles. The first-order valence-electron chi connectivity index (χ1n) is 10.6. The van der Waals surface area contributed by atoms with E-state index < -0.39 is 10.2 Å². The monoisotopic (exact) mass is 422 g/mol. The van der Waals surface area contributed by atoms with E-state index in [1.165, 1.54) is 60.6 Å². The predicted octanol–water partition coefficient (Wildman–Crippen LogP) is 1.81.